The summed E-state index contributed by atoms with van der Waals surface area (Å²) in [6.07, 6.45) is 15.4. The average Bonchev–Trinajstić information content (AvgIpc) is 4.16. The van der Waals surface area contributed by atoms with Gasteiger partial charge in [0.25, 0.3) is 0 Å². The summed E-state index contributed by atoms with van der Waals surface area (Å²) in [5.41, 5.74) is 17.0. The highest BCUT2D eigenvalue weighted by Gasteiger charge is 2.24. The van der Waals surface area contributed by atoms with Crippen molar-refractivity contribution in [1.82, 2.24) is 15.0 Å². The highest BCUT2D eigenvalue weighted by Crippen LogP contribution is 2.42. The number of aromatic nitrogens is 6. The molecule has 0 N–H and O–H groups in total. The van der Waals surface area contributed by atoms with Crippen molar-refractivity contribution in [3.63, 3.8) is 0 Å². The van der Waals surface area contributed by atoms with Gasteiger partial charge < -0.3 is 13.3 Å². The standard InChI is InChI=1S/3C22H17N2O/c1-14-8-9-16-15-10-11-18-17(6-5-12-23-18)21(15)25-22(16)20(14)19-7-3-4-13-24(19)2;1-14-6-8-18-17-9-7-15-13-23-11-10-16(15)21(17)25-22(18)20(14)19-5-3-4-12-24(19)2;1-14-6-8-17-16-9-7-15-10-11-23-13-18(15)21(16)25-22(17)20(14)19-5-3-4-12-24(19)2/h3*3-13H,1-2H3/q3*+1. The molecule has 0 amide bonds. The van der Waals surface area contributed by atoms with Gasteiger partial charge in [0.2, 0.25) is 17.1 Å². The zero-order valence-electron chi connectivity index (χ0n) is 42.5. The number of furan rings is 3. The Morgan fingerprint density at radius 2 is 0.747 bits per heavy atom. The van der Waals surface area contributed by atoms with Gasteiger partial charge in [-0.1, -0.05) is 48.5 Å². The van der Waals surface area contributed by atoms with Gasteiger partial charge in [0.05, 0.1) is 22.2 Å². The molecule has 75 heavy (non-hydrogen) atoms. The molecular weight excluding hydrogens is 925 g/mol. The monoisotopic (exact) mass is 975 g/mol. The maximum atomic E-state index is 6.45. The fraction of sp³-hybridized carbons (Fsp3) is 0.0909. The fourth-order valence-corrected chi connectivity index (χ4v) is 11.0. The van der Waals surface area contributed by atoms with Gasteiger partial charge in [-0.15, -0.1) is 0 Å². The van der Waals surface area contributed by atoms with Crippen molar-refractivity contribution in [3.05, 3.63) is 218 Å². The zero-order chi connectivity index (χ0) is 50.9. The maximum absolute atomic E-state index is 6.45. The topological polar surface area (TPSA) is 89.7 Å². The molecular formula is C66H51N6O3+3. The Bertz CT molecular complexity index is 4280. The maximum Gasteiger partial charge on any atom is 0.216 e. The number of rotatable bonds is 3. The third-order valence-electron chi connectivity index (χ3n) is 14.8. The SMILES string of the molecule is Cc1ccc2c(oc3c4cccnc4ccc23)c1-c1cccc[n+]1C.Cc1ccc2c(oc3c4ccncc4ccc23)c1-c1cccc[n+]1C.Cc1ccc2c(oc3c4cnccc4ccc23)c1-c1cccc[n+]1C. The Hall–Kier alpha value is -9.60. The van der Waals surface area contributed by atoms with Gasteiger partial charge in [-0.25, -0.2) is 13.7 Å². The Balaban J connectivity index is 0.000000108. The highest BCUT2D eigenvalue weighted by molar-refractivity contribution is 6.19. The molecule has 360 valence electrons. The first-order valence-electron chi connectivity index (χ1n) is 25.1. The number of aryl methyl sites for hydroxylation is 6. The summed E-state index contributed by atoms with van der Waals surface area (Å²) in [6, 6.07) is 52.5. The molecule has 0 aliphatic carbocycles. The molecule has 0 saturated heterocycles. The summed E-state index contributed by atoms with van der Waals surface area (Å²) in [7, 11) is 6.20. The van der Waals surface area contributed by atoms with Crippen molar-refractivity contribution in [2.45, 2.75) is 20.8 Å². The van der Waals surface area contributed by atoms with Gasteiger partial charge in [-0.3, -0.25) is 15.0 Å². The molecule has 0 radical (unpaired) electrons. The van der Waals surface area contributed by atoms with E-state index in [1.54, 1.807) is 0 Å². The van der Waals surface area contributed by atoms with E-state index in [1.165, 1.54) is 16.7 Å². The number of benzene rings is 6. The lowest BCUT2D eigenvalue weighted by Crippen LogP contribution is -2.30. The molecule has 15 aromatic rings. The first-order valence-corrected chi connectivity index (χ1v) is 25.1. The third-order valence-corrected chi connectivity index (χ3v) is 14.8. The van der Waals surface area contributed by atoms with Crippen LogP contribution in [-0.4, -0.2) is 15.0 Å². The van der Waals surface area contributed by atoms with Crippen molar-refractivity contribution in [2.75, 3.05) is 0 Å². The molecule has 0 saturated carbocycles. The van der Waals surface area contributed by atoms with Gasteiger partial charge in [-0.05, 0) is 110 Å². The highest BCUT2D eigenvalue weighted by atomic mass is 16.3. The minimum atomic E-state index is 0.908. The van der Waals surface area contributed by atoms with Gasteiger partial charge in [0.1, 0.15) is 54.6 Å². The molecule has 9 heterocycles. The number of hydrogen-bond acceptors (Lipinski definition) is 6. The van der Waals surface area contributed by atoms with Gasteiger partial charge >= 0.3 is 0 Å². The van der Waals surface area contributed by atoms with E-state index in [1.807, 2.05) is 67.4 Å². The molecule has 0 bridgehead atoms. The molecule has 0 atom stereocenters. The number of fused-ring (bicyclic) bond motifs is 15. The van der Waals surface area contributed by atoms with Crippen LogP contribution < -0.4 is 13.7 Å². The second-order valence-electron chi connectivity index (χ2n) is 19.4. The van der Waals surface area contributed by atoms with Crippen LogP contribution in [0.3, 0.4) is 0 Å². The molecule has 0 aliphatic rings. The smallest absolute Gasteiger partial charge is 0.216 e. The van der Waals surface area contributed by atoms with Crippen LogP contribution in [0.2, 0.25) is 0 Å². The largest absolute Gasteiger partial charge is 0.454 e. The number of hydrogen-bond donors (Lipinski definition) is 0. The summed E-state index contributed by atoms with van der Waals surface area (Å²) >= 11 is 0. The van der Waals surface area contributed by atoms with Gasteiger partial charge in [0, 0.05) is 121 Å². The molecule has 0 aliphatic heterocycles. The quantitative estimate of drug-likeness (QED) is 0.164. The Morgan fingerprint density at radius 3 is 1.27 bits per heavy atom. The summed E-state index contributed by atoms with van der Waals surface area (Å²) in [6.45, 7) is 6.40. The van der Waals surface area contributed by atoms with E-state index in [-0.39, 0.29) is 0 Å². The normalized spacial score (nSPS) is 11.6. The summed E-state index contributed by atoms with van der Waals surface area (Å²) in [5, 5.41) is 12.3. The van der Waals surface area contributed by atoms with E-state index in [4.69, 9.17) is 13.3 Å². The molecule has 9 heteroatoms. The van der Waals surface area contributed by atoms with Crippen LogP contribution in [-0.2, 0) is 21.1 Å². The molecule has 15 rings (SSSR count). The van der Waals surface area contributed by atoms with E-state index >= 15 is 0 Å². The van der Waals surface area contributed by atoms with Gasteiger partial charge in [-0.2, -0.15) is 0 Å². The number of pyridine rings is 6. The Morgan fingerprint density at radius 1 is 0.320 bits per heavy atom. The first-order chi connectivity index (χ1) is 36.7. The molecule has 0 spiro atoms. The Labute approximate surface area is 431 Å². The summed E-state index contributed by atoms with van der Waals surface area (Å²) in [4.78, 5) is 13.0. The van der Waals surface area contributed by atoms with E-state index in [2.05, 4.69) is 204 Å². The van der Waals surface area contributed by atoms with Crippen LogP contribution in [0.4, 0.5) is 0 Å². The summed E-state index contributed by atoms with van der Waals surface area (Å²) < 4.78 is 25.7. The van der Waals surface area contributed by atoms with Gasteiger partial charge in [0.15, 0.2) is 18.6 Å². The predicted octanol–water partition coefficient (Wildman–Crippen LogP) is 14.8. The van der Waals surface area contributed by atoms with Crippen LogP contribution in [0.1, 0.15) is 16.7 Å². The second kappa shape index (κ2) is 18.2. The third kappa shape index (κ3) is 7.54. The minimum absolute atomic E-state index is 0.908. The predicted molar refractivity (Wildman–Crippen MR) is 301 cm³/mol. The molecule has 0 fully saturated rings. The fourth-order valence-electron chi connectivity index (χ4n) is 11.0. The van der Waals surface area contributed by atoms with E-state index in [0.29, 0.717) is 0 Å². The van der Waals surface area contributed by atoms with E-state index in [9.17, 15) is 0 Å². The average molecular weight is 976 g/mol. The molecule has 9 aromatic heterocycles. The second-order valence-corrected chi connectivity index (χ2v) is 19.4. The van der Waals surface area contributed by atoms with Crippen molar-refractivity contribution in [3.8, 4) is 33.8 Å². The summed E-state index contributed by atoms with van der Waals surface area (Å²) in [5.74, 6) is 0. The van der Waals surface area contributed by atoms with Crippen molar-refractivity contribution >= 4 is 98.3 Å². The first kappa shape index (κ1) is 45.3. The van der Waals surface area contributed by atoms with Crippen molar-refractivity contribution in [1.29, 1.82) is 0 Å². The van der Waals surface area contributed by atoms with Crippen LogP contribution in [0.25, 0.3) is 132 Å². The van der Waals surface area contributed by atoms with Crippen molar-refractivity contribution in [2.24, 2.45) is 21.1 Å². The lowest BCUT2D eigenvalue weighted by Gasteiger charge is -2.04. The van der Waals surface area contributed by atoms with E-state index < -0.39 is 0 Å². The molecule has 0 unspecified atom stereocenters. The Kier molecular flexibility index (Phi) is 11.0. The lowest BCUT2D eigenvalue weighted by molar-refractivity contribution is -0.660. The van der Waals surface area contributed by atoms with Crippen molar-refractivity contribution < 1.29 is 27.0 Å². The van der Waals surface area contributed by atoms with Crippen LogP contribution in [0.15, 0.2) is 214 Å². The van der Waals surface area contributed by atoms with E-state index in [0.717, 1.165) is 132 Å². The van der Waals surface area contributed by atoms with Crippen LogP contribution in [0.5, 0.6) is 0 Å². The van der Waals surface area contributed by atoms with Crippen LogP contribution >= 0.6 is 0 Å². The minimum Gasteiger partial charge on any atom is -0.454 e. The molecule has 9 nitrogen and oxygen atoms in total. The molecule has 6 aromatic carbocycles. The zero-order valence-corrected chi connectivity index (χ0v) is 42.5. The number of nitrogens with zero attached hydrogens (tertiary/aromatic N) is 6. The van der Waals surface area contributed by atoms with Crippen LogP contribution in [0, 0.1) is 20.8 Å². The lowest BCUT2D eigenvalue weighted by atomic mass is 10.00.